The number of benzene rings is 2. The average molecular weight is 501 g/mol. The molecule has 3 rings (SSSR count). The number of nitrogens with one attached hydrogen (secondary N) is 1. The first-order valence-corrected chi connectivity index (χ1v) is 11.9. The largest absolute Gasteiger partial charge is 0.494 e. The van der Waals surface area contributed by atoms with Gasteiger partial charge in [0.2, 0.25) is 11.8 Å². The number of rotatable bonds is 10. The molecule has 0 saturated carbocycles. The Labute approximate surface area is 207 Å². The molecule has 0 bridgehead atoms. The Balaban J connectivity index is 1.77. The van der Waals surface area contributed by atoms with E-state index in [0.717, 1.165) is 16.8 Å². The Morgan fingerprint density at radius 1 is 1.20 bits per heavy atom. The van der Waals surface area contributed by atoms with Gasteiger partial charge in [-0.3, -0.25) is 24.6 Å². The van der Waals surface area contributed by atoms with Gasteiger partial charge in [0.1, 0.15) is 11.0 Å². The van der Waals surface area contributed by atoms with E-state index in [-0.39, 0.29) is 23.8 Å². The number of non-ortho nitro benzene ring substituents is 1. The predicted octanol–water partition coefficient (Wildman–Crippen LogP) is 4.22. The van der Waals surface area contributed by atoms with Crippen molar-refractivity contribution >= 4 is 45.8 Å². The predicted molar refractivity (Wildman–Crippen MR) is 135 cm³/mol. The number of nitrogens with zero attached hydrogens (tertiary/aromatic N) is 3. The maximum atomic E-state index is 13.2. The van der Waals surface area contributed by atoms with Gasteiger partial charge >= 0.3 is 0 Å². The molecule has 0 aromatic heterocycles. The van der Waals surface area contributed by atoms with Crippen molar-refractivity contribution in [3.8, 4) is 5.75 Å². The van der Waals surface area contributed by atoms with E-state index < -0.39 is 16.1 Å². The minimum Gasteiger partial charge on any atom is -0.494 e. The molecule has 1 saturated heterocycles. The van der Waals surface area contributed by atoms with E-state index in [1.54, 1.807) is 12.0 Å². The molecule has 1 aliphatic heterocycles. The summed E-state index contributed by atoms with van der Waals surface area (Å²) in [4.78, 5) is 42.7. The Bertz CT molecular complexity index is 1150. The van der Waals surface area contributed by atoms with E-state index in [1.165, 1.54) is 37.1 Å². The number of amides is 2. The van der Waals surface area contributed by atoms with Gasteiger partial charge < -0.3 is 14.8 Å². The first-order valence-electron chi connectivity index (χ1n) is 11.0. The normalized spacial score (nSPS) is 16.6. The van der Waals surface area contributed by atoms with Gasteiger partial charge in [-0.15, -0.1) is 0 Å². The second kappa shape index (κ2) is 11.8. The quantitative estimate of drug-likeness (QED) is 0.294. The lowest BCUT2D eigenvalue weighted by atomic mass is 10.1. The molecule has 0 radical (unpaired) electrons. The Hall–Kier alpha value is -3.44. The van der Waals surface area contributed by atoms with Crippen LogP contribution in [0.2, 0.25) is 0 Å². The van der Waals surface area contributed by atoms with Crippen LogP contribution in [0, 0.1) is 24.0 Å². The summed E-state index contributed by atoms with van der Waals surface area (Å²) in [5, 5.41) is 13.6. The molecule has 1 atom stereocenters. The zero-order chi connectivity index (χ0) is 25.5. The van der Waals surface area contributed by atoms with E-state index >= 15 is 0 Å². The Morgan fingerprint density at radius 2 is 1.97 bits per heavy atom. The zero-order valence-corrected chi connectivity index (χ0v) is 20.9. The molecule has 0 aliphatic carbocycles. The van der Waals surface area contributed by atoms with Crippen LogP contribution in [0.5, 0.6) is 5.75 Å². The molecule has 2 aromatic carbocycles. The topological polar surface area (TPSA) is 123 Å². The van der Waals surface area contributed by atoms with Crippen LogP contribution in [0.25, 0.3) is 0 Å². The number of aliphatic imine (C=N–C) groups is 1. The van der Waals surface area contributed by atoms with Gasteiger partial charge in [0.15, 0.2) is 5.17 Å². The number of anilines is 1. The Morgan fingerprint density at radius 3 is 2.63 bits per heavy atom. The highest BCUT2D eigenvalue weighted by Gasteiger charge is 2.39. The smallest absolute Gasteiger partial charge is 0.273 e. The molecule has 10 nitrogen and oxygen atoms in total. The number of hydrogen-bond donors (Lipinski definition) is 1. The second-order valence-electron chi connectivity index (χ2n) is 8.00. The first kappa shape index (κ1) is 26.2. The number of thioether (sulfide) groups is 1. The number of nitro groups is 1. The van der Waals surface area contributed by atoms with Crippen molar-refractivity contribution in [2.24, 2.45) is 4.99 Å². The lowest BCUT2D eigenvalue weighted by Crippen LogP contribution is -2.34. The van der Waals surface area contributed by atoms with Gasteiger partial charge in [-0.05, 0) is 49.6 Å². The maximum absolute atomic E-state index is 13.2. The molecule has 1 fully saturated rings. The summed E-state index contributed by atoms with van der Waals surface area (Å²) >= 11 is 1.25. The van der Waals surface area contributed by atoms with Gasteiger partial charge in [-0.1, -0.05) is 17.8 Å². The van der Waals surface area contributed by atoms with Gasteiger partial charge in [-0.25, -0.2) is 4.99 Å². The highest BCUT2D eigenvalue weighted by molar-refractivity contribution is 8.15. The van der Waals surface area contributed by atoms with Crippen LogP contribution in [0.1, 0.15) is 24.0 Å². The summed E-state index contributed by atoms with van der Waals surface area (Å²) in [6, 6.07) is 9.75. The molecule has 0 spiro atoms. The van der Waals surface area contributed by atoms with Crippen LogP contribution in [-0.2, 0) is 14.3 Å². The van der Waals surface area contributed by atoms with Crippen molar-refractivity contribution in [3.05, 3.63) is 57.6 Å². The molecule has 2 aromatic rings. The fourth-order valence-electron chi connectivity index (χ4n) is 3.47. The van der Waals surface area contributed by atoms with Crippen LogP contribution >= 0.6 is 11.8 Å². The summed E-state index contributed by atoms with van der Waals surface area (Å²) in [6.45, 7) is 4.95. The summed E-state index contributed by atoms with van der Waals surface area (Å²) in [7, 11) is 2.96. The standard InChI is InChI=1S/C24H28N4O6S/c1-15-6-7-17(12-16(15)2)25-24-27(10-5-11-33-3)23(30)21(35-24)14-22(29)26-19-9-8-18(28(31)32)13-20(19)34-4/h6-9,12-13,21H,5,10-11,14H2,1-4H3,(H,26,29)/t21-/m1/s1. The number of carbonyl (C=O) groups excluding carboxylic acids is 2. The fourth-order valence-corrected chi connectivity index (χ4v) is 4.65. The molecule has 0 unspecified atom stereocenters. The van der Waals surface area contributed by atoms with E-state index in [0.29, 0.717) is 30.4 Å². The Kier molecular flexibility index (Phi) is 8.83. The van der Waals surface area contributed by atoms with E-state index in [1.807, 2.05) is 32.0 Å². The number of carbonyl (C=O) groups is 2. The van der Waals surface area contributed by atoms with Crippen LogP contribution in [0.15, 0.2) is 41.4 Å². The van der Waals surface area contributed by atoms with Crippen molar-refractivity contribution in [2.75, 3.05) is 32.7 Å². The van der Waals surface area contributed by atoms with Crippen LogP contribution in [0.4, 0.5) is 17.1 Å². The highest BCUT2D eigenvalue weighted by Crippen LogP contribution is 2.33. The average Bonchev–Trinajstić information content (AvgIpc) is 3.10. The number of aryl methyl sites for hydroxylation is 2. The van der Waals surface area contributed by atoms with E-state index in [4.69, 9.17) is 14.5 Å². The molecule has 186 valence electrons. The third-order valence-corrected chi connectivity index (χ3v) is 6.68. The van der Waals surface area contributed by atoms with Crippen molar-refractivity contribution in [1.82, 2.24) is 4.90 Å². The monoisotopic (exact) mass is 500 g/mol. The van der Waals surface area contributed by atoms with Crippen LogP contribution in [0.3, 0.4) is 0 Å². The van der Waals surface area contributed by atoms with Gasteiger partial charge in [0.25, 0.3) is 5.69 Å². The summed E-state index contributed by atoms with van der Waals surface area (Å²) < 4.78 is 10.3. The maximum Gasteiger partial charge on any atom is 0.273 e. The minimum absolute atomic E-state index is 0.0869. The minimum atomic E-state index is -0.646. The number of hydrogen-bond acceptors (Lipinski definition) is 8. The second-order valence-corrected chi connectivity index (χ2v) is 9.17. The number of methoxy groups -OCH3 is 2. The molecule has 1 heterocycles. The SMILES string of the molecule is COCCCN1C(=O)[C@@H](CC(=O)Nc2ccc([N+](=O)[O-])cc2OC)SC1=Nc1ccc(C)c(C)c1. The molecule has 1 aliphatic rings. The summed E-state index contributed by atoms with van der Waals surface area (Å²) in [6.07, 6.45) is 0.546. The van der Waals surface area contributed by atoms with Gasteiger partial charge in [-0.2, -0.15) is 0 Å². The molecular formula is C24H28N4O6S. The third-order valence-electron chi connectivity index (χ3n) is 5.51. The third kappa shape index (κ3) is 6.58. The summed E-state index contributed by atoms with van der Waals surface area (Å²) in [5.41, 5.74) is 3.12. The highest BCUT2D eigenvalue weighted by atomic mass is 32.2. The molecule has 2 amide bonds. The molecule has 11 heteroatoms. The van der Waals surface area contributed by atoms with E-state index in [9.17, 15) is 19.7 Å². The molecule has 1 N–H and O–H groups in total. The number of nitro benzene ring substituents is 1. The van der Waals surface area contributed by atoms with Gasteiger partial charge in [0.05, 0.1) is 29.5 Å². The molecule has 35 heavy (non-hydrogen) atoms. The van der Waals surface area contributed by atoms with Crippen molar-refractivity contribution < 1.29 is 24.0 Å². The fraction of sp³-hybridized carbons (Fsp3) is 0.375. The van der Waals surface area contributed by atoms with E-state index in [2.05, 4.69) is 5.32 Å². The summed E-state index contributed by atoms with van der Waals surface area (Å²) in [5.74, 6) is -0.442. The zero-order valence-electron chi connectivity index (χ0n) is 20.1. The van der Waals surface area contributed by atoms with Crippen LogP contribution in [-0.4, -0.2) is 59.4 Å². The number of amidine groups is 1. The number of ether oxygens (including phenoxy) is 2. The van der Waals surface area contributed by atoms with Crippen LogP contribution < -0.4 is 10.1 Å². The lowest BCUT2D eigenvalue weighted by Gasteiger charge is -2.16. The first-order chi connectivity index (χ1) is 16.7. The lowest BCUT2D eigenvalue weighted by molar-refractivity contribution is -0.384. The van der Waals surface area contributed by atoms with Gasteiger partial charge in [0, 0.05) is 32.7 Å². The van der Waals surface area contributed by atoms with Crippen molar-refractivity contribution in [2.45, 2.75) is 31.9 Å². The van der Waals surface area contributed by atoms with Crippen molar-refractivity contribution in [1.29, 1.82) is 0 Å². The van der Waals surface area contributed by atoms with Crippen molar-refractivity contribution in [3.63, 3.8) is 0 Å². The molecular weight excluding hydrogens is 472 g/mol.